The molecule has 0 unspecified atom stereocenters. The van der Waals surface area contributed by atoms with Gasteiger partial charge >= 0.3 is 0 Å². The molecule has 0 atom stereocenters. The summed E-state index contributed by atoms with van der Waals surface area (Å²) in [5, 5.41) is 2.67. The molecular formula is C23H24ClNO4S. The number of carbonyl (C=O) groups excluding carboxylic acids is 1. The summed E-state index contributed by atoms with van der Waals surface area (Å²) in [5.41, 5.74) is 1.85. The first-order chi connectivity index (χ1) is 14.5. The number of halogens is 1. The lowest BCUT2D eigenvalue weighted by Crippen LogP contribution is -2.33. The number of thiophene rings is 1. The van der Waals surface area contributed by atoms with Crippen LogP contribution in [0.25, 0.3) is 0 Å². The molecule has 5 nitrogen and oxygen atoms in total. The highest BCUT2D eigenvalue weighted by Gasteiger charge is 2.17. The van der Waals surface area contributed by atoms with Crippen molar-refractivity contribution in [2.45, 2.75) is 20.0 Å². The highest BCUT2D eigenvalue weighted by atomic mass is 35.5. The minimum Gasteiger partial charge on any atom is -0.493 e. The van der Waals surface area contributed by atoms with Gasteiger partial charge in [0.25, 0.3) is 5.91 Å². The van der Waals surface area contributed by atoms with E-state index in [1.807, 2.05) is 48.7 Å². The molecule has 3 aromatic rings. The van der Waals surface area contributed by atoms with Gasteiger partial charge in [0.1, 0.15) is 5.75 Å². The number of amides is 1. The van der Waals surface area contributed by atoms with E-state index in [1.54, 1.807) is 42.6 Å². The quantitative estimate of drug-likeness (QED) is 0.446. The number of rotatable bonds is 9. The maximum atomic E-state index is 13.0. The van der Waals surface area contributed by atoms with Crippen LogP contribution in [0.3, 0.4) is 0 Å². The van der Waals surface area contributed by atoms with Crippen LogP contribution in [0.1, 0.15) is 16.0 Å². The molecule has 0 aliphatic heterocycles. The lowest BCUT2D eigenvalue weighted by molar-refractivity contribution is -0.134. The van der Waals surface area contributed by atoms with Crippen molar-refractivity contribution < 1.29 is 19.0 Å². The van der Waals surface area contributed by atoms with Crippen molar-refractivity contribution in [1.82, 2.24) is 4.90 Å². The van der Waals surface area contributed by atoms with E-state index in [4.69, 9.17) is 25.8 Å². The normalized spacial score (nSPS) is 10.5. The van der Waals surface area contributed by atoms with Crippen LogP contribution in [0.2, 0.25) is 5.02 Å². The molecule has 0 aliphatic carbocycles. The van der Waals surface area contributed by atoms with Gasteiger partial charge in [-0.1, -0.05) is 23.7 Å². The molecule has 1 aromatic heterocycles. The smallest absolute Gasteiger partial charge is 0.261 e. The number of ether oxygens (including phenoxy) is 3. The fraction of sp³-hybridized carbons (Fsp3) is 0.261. The van der Waals surface area contributed by atoms with Gasteiger partial charge in [0, 0.05) is 16.4 Å². The molecule has 0 radical (unpaired) electrons. The Labute approximate surface area is 185 Å². The Kier molecular flexibility index (Phi) is 7.60. The highest BCUT2D eigenvalue weighted by Crippen LogP contribution is 2.28. The molecule has 0 N–H and O–H groups in total. The second-order valence-electron chi connectivity index (χ2n) is 6.72. The summed E-state index contributed by atoms with van der Waals surface area (Å²) in [6.07, 6.45) is 0. The summed E-state index contributed by atoms with van der Waals surface area (Å²) in [4.78, 5) is 15.9. The third kappa shape index (κ3) is 5.68. The second kappa shape index (κ2) is 10.4. The number of benzene rings is 2. The van der Waals surface area contributed by atoms with Gasteiger partial charge in [0.15, 0.2) is 18.1 Å². The van der Waals surface area contributed by atoms with E-state index in [-0.39, 0.29) is 12.5 Å². The summed E-state index contributed by atoms with van der Waals surface area (Å²) < 4.78 is 16.4. The molecule has 3 rings (SSSR count). The Morgan fingerprint density at radius 3 is 2.50 bits per heavy atom. The highest BCUT2D eigenvalue weighted by molar-refractivity contribution is 7.09. The SMILES string of the molecule is COc1ccc(CN(Cc2cccs2)C(=O)COc2ccc(Cl)c(C)c2)cc1OC. The van der Waals surface area contributed by atoms with Gasteiger partial charge in [-0.25, -0.2) is 0 Å². The van der Waals surface area contributed by atoms with E-state index in [2.05, 4.69) is 0 Å². The largest absolute Gasteiger partial charge is 0.493 e. The topological polar surface area (TPSA) is 48.0 Å². The van der Waals surface area contributed by atoms with Gasteiger partial charge < -0.3 is 19.1 Å². The first-order valence-corrected chi connectivity index (χ1v) is 10.7. The van der Waals surface area contributed by atoms with Crippen LogP contribution in [0.15, 0.2) is 53.9 Å². The van der Waals surface area contributed by atoms with Crippen LogP contribution in [0, 0.1) is 6.92 Å². The zero-order valence-electron chi connectivity index (χ0n) is 17.2. The maximum absolute atomic E-state index is 13.0. The summed E-state index contributed by atoms with van der Waals surface area (Å²) in [6, 6.07) is 15.0. The van der Waals surface area contributed by atoms with Gasteiger partial charge in [-0.2, -0.15) is 0 Å². The standard InChI is InChI=1S/C23H24ClNO4S/c1-16-11-18(7-8-20(16)24)29-15-23(26)25(14-19-5-4-10-30-19)13-17-6-9-21(27-2)22(12-17)28-3/h4-12H,13-15H2,1-3H3. The van der Waals surface area contributed by atoms with E-state index >= 15 is 0 Å². The molecule has 0 saturated heterocycles. The molecule has 30 heavy (non-hydrogen) atoms. The molecule has 0 bridgehead atoms. The van der Waals surface area contributed by atoms with Crippen LogP contribution in [-0.4, -0.2) is 31.6 Å². The van der Waals surface area contributed by atoms with E-state index in [9.17, 15) is 4.79 Å². The van der Waals surface area contributed by atoms with E-state index in [0.29, 0.717) is 35.4 Å². The van der Waals surface area contributed by atoms with Gasteiger partial charge in [-0.05, 0) is 59.8 Å². The van der Waals surface area contributed by atoms with Crippen molar-refractivity contribution >= 4 is 28.8 Å². The van der Waals surface area contributed by atoms with Crippen molar-refractivity contribution in [1.29, 1.82) is 0 Å². The fourth-order valence-electron chi connectivity index (χ4n) is 2.97. The summed E-state index contributed by atoms with van der Waals surface area (Å²) in [6.45, 7) is 2.78. The first kappa shape index (κ1) is 22.0. The van der Waals surface area contributed by atoms with Crippen molar-refractivity contribution in [3.8, 4) is 17.2 Å². The molecular weight excluding hydrogens is 422 g/mol. The van der Waals surface area contributed by atoms with Crippen molar-refractivity contribution in [3.05, 3.63) is 74.9 Å². The predicted octanol–water partition coefficient (Wildman–Crippen LogP) is 5.33. The Hall–Kier alpha value is -2.70. The van der Waals surface area contributed by atoms with Crippen molar-refractivity contribution in [3.63, 3.8) is 0 Å². The maximum Gasteiger partial charge on any atom is 0.261 e. The zero-order chi connectivity index (χ0) is 21.5. The Morgan fingerprint density at radius 1 is 1.03 bits per heavy atom. The molecule has 0 aliphatic rings. The molecule has 2 aromatic carbocycles. The summed E-state index contributed by atoms with van der Waals surface area (Å²) in [7, 11) is 3.19. The Balaban J connectivity index is 1.74. The van der Waals surface area contributed by atoms with Crippen LogP contribution in [0.5, 0.6) is 17.2 Å². The van der Waals surface area contributed by atoms with E-state index in [1.165, 1.54) is 0 Å². The molecule has 158 valence electrons. The molecule has 0 fully saturated rings. The third-order valence-electron chi connectivity index (χ3n) is 4.59. The molecule has 1 heterocycles. The van der Waals surface area contributed by atoms with Gasteiger partial charge in [-0.3, -0.25) is 4.79 Å². The molecule has 0 spiro atoms. The number of nitrogens with zero attached hydrogens (tertiary/aromatic N) is 1. The lowest BCUT2D eigenvalue weighted by atomic mass is 10.2. The van der Waals surface area contributed by atoms with Crippen molar-refractivity contribution in [2.24, 2.45) is 0 Å². The van der Waals surface area contributed by atoms with E-state index in [0.717, 1.165) is 16.0 Å². The first-order valence-electron chi connectivity index (χ1n) is 9.40. The number of methoxy groups -OCH3 is 2. The molecule has 1 amide bonds. The summed E-state index contributed by atoms with van der Waals surface area (Å²) >= 11 is 7.68. The van der Waals surface area contributed by atoms with Crippen molar-refractivity contribution in [2.75, 3.05) is 20.8 Å². The van der Waals surface area contributed by atoms with Crippen LogP contribution in [-0.2, 0) is 17.9 Å². The number of aryl methyl sites for hydroxylation is 1. The minimum atomic E-state index is -0.106. The number of hydrogen-bond donors (Lipinski definition) is 0. The fourth-order valence-corrected chi connectivity index (χ4v) is 3.80. The molecule has 7 heteroatoms. The van der Waals surface area contributed by atoms with Gasteiger partial charge in [0.05, 0.1) is 20.8 Å². The predicted molar refractivity (Wildman–Crippen MR) is 120 cm³/mol. The monoisotopic (exact) mass is 445 g/mol. The average Bonchev–Trinajstić information content (AvgIpc) is 3.27. The van der Waals surface area contributed by atoms with Crippen LogP contribution >= 0.6 is 22.9 Å². The third-order valence-corrected chi connectivity index (χ3v) is 5.88. The van der Waals surface area contributed by atoms with Gasteiger partial charge in [-0.15, -0.1) is 11.3 Å². The zero-order valence-corrected chi connectivity index (χ0v) is 18.8. The summed E-state index contributed by atoms with van der Waals surface area (Å²) in [5.74, 6) is 1.79. The Morgan fingerprint density at radius 2 is 1.83 bits per heavy atom. The number of carbonyl (C=O) groups is 1. The lowest BCUT2D eigenvalue weighted by Gasteiger charge is -2.23. The second-order valence-corrected chi connectivity index (χ2v) is 8.16. The van der Waals surface area contributed by atoms with Crippen LogP contribution < -0.4 is 14.2 Å². The van der Waals surface area contributed by atoms with E-state index < -0.39 is 0 Å². The van der Waals surface area contributed by atoms with Gasteiger partial charge in [0.2, 0.25) is 0 Å². The number of hydrogen-bond acceptors (Lipinski definition) is 5. The van der Waals surface area contributed by atoms with Crippen LogP contribution in [0.4, 0.5) is 0 Å². The average molecular weight is 446 g/mol. The molecule has 0 saturated carbocycles. The Bertz CT molecular complexity index is 991. The minimum absolute atomic E-state index is 0.0558.